The highest BCUT2D eigenvalue weighted by molar-refractivity contribution is 5.37. The van der Waals surface area contributed by atoms with Gasteiger partial charge in [-0.05, 0) is 6.07 Å². The number of hydrogen-bond acceptors (Lipinski definition) is 1. The second-order valence-corrected chi connectivity index (χ2v) is 3.30. The van der Waals surface area contributed by atoms with Gasteiger partial charge in [0, 0.05) is 11.5 Å². The second-order valence-electron chi connectivity index (χ2n) is 3.30. The van der Waals surface area contributed by atoms with E-state index < -0.39 is 0 Å². The van der Waals surface area contributed by atoms with Crippen LogP contribution >= 0.6 is 0 Å². The van der Waals surface area contributed by atoms with Crippen LogP contribution in [0.1, 0.15) is 18.5 Å². The van der Waals surface area contributed by atoms with Crippen molar-refractivity contribution in [1.29, 1.82) is 0 Å². The molecular weight excluding hydrogens is 150 g/mol. The SMILES string of the molecule is CC1COc2ccccc2C1[NH]. The minimum atomic E-state index is -0.116. The highest BCUT2D eigenvalue weighted by atomic mass is 16.5. The summed E-state index contributed by atoms with van der Waals surface area (Å²) < 4.78 is 5.49. The zero-order chi connectivity index (χ0) is 8.55. The number of nitrogens with one attached hydrogen (secondary N) is 1. The fourth-order valence-electron chi connectivity index (χ4n) is 1.49. The average Bonchev–Trinajstić information content (AvgIpc) is 2.12. The molecule has 12 heavy (non-hydrogen) atoms. The molecule has 0 amide bonds. The minimum absolute atomic E-state index is 0.116. The van der Waals surface area contributed by atoms with E-state index in [-0.39, 0.29) is 6.04 Å². The van der Waals surface area contributed by atoms with Crippen LogP contribution in [0.3, 0.4) is 0 Å². The molecule has 1 aliphatic rings. The van der Waals surface area contributed by atoms with Crippen LogP contribution in [0.5, 0.6) is 5.75 Å². The second kappa shape index (κ2) is 2.79. The van der Waals surface area contributed by atoms with Crippen molar-refractivity contribution >= 4 is 0 Å². The third-order valence-electron chi connectivity index (χ3n) is 2.32. The first kappa shape index (κ1) is 7.62. The molecule has 2 unspecified atom stereocenters. The van der Waals surface area contributed by atoms with Crippen molar-refractivity contribution in [3.8, 4) is 5.75 Å². The maximum absolute atomic E-state index is 7.88. The van der Waals surface area contributed by atoms with Crippen LogP contribution in [0, 0.1) is 5.92 Å². The first-order valence-corrected chi connectivity index (χ1v) is 4.22. The Morgan fingerprint density at radius 1 is 1.42 bits per heavy atom. The molecule has 1 radical (unpaired) electrons. The van der Waals surface area contributed by atoms with Gasteiger partial charge in [0.25, 0.3) is 0 Å². The number of rotatable bonds is 0. The largest absolute Gasteiger partial charge is 0.493 e. The lowest BCUT2D eigenvalue weighted by atomic mass is 9.93. The Bertz CT molecular complexity index is 285. The number of para-hydroxylation sites is 1. The van der Waals surface area contributed by atoms with Crippen LogP contribution in [0.4, 0.5) is 0 Å². The van der Waals surface area contributed by atoms with Crippen LogP contribution in [-0.4, -0.2) is 6.61 Å². The average molecular weight is 162 g/mol. The van der Waals surface area contributed by atoms with E-state index in [1.807, 2.05) is 31.2 Å². The first-order chi connectivity index (χ1) is 5.79. The summed E-state index contributed by atoms with van der Waals surface area (Å²) in [6.07, 6.45) is 0. The highest BCUT2D eigenvalue weighted by Crippen LogP contribution is 2.33. The predicted octanol–water partition coefficient (Wildman–Crippen LogP) is 2.04. The molecule has 0 bridgehead atoms. The molecule has 0 aromatic heterocycles. The maximum atomic E-state index is 7.88. The summed E-state index contributed by atoms with van der Waals surface area (Å²) in [4.78, 5) is 0. The Labute approximate surface area is 72.3 Å². The van der Waals surface area contributed by atoms with Gasteiger partial charge in [-0.1, -0.05) is 25.1 Å². The summed E-state index contributed by atoms with van der Waals surface area (Å²) in [5.41, 5.74) is 8.90. The Balaban J connectivity index is 2.42. The Morgan fingerprint density at radius 2 is 2.17 bits per heavy atom. The lowest BCUT2D eigenvalue weighted by Gasteiger charge is -2.27. The standard InChI is InChI=1S/C10H12NO/c1-7-6-12-9-5-3-2-4-8(9)10(7)11/h2-5,7,10-11H,6H2,1H3. The van der Waals surface area contributed by atoms with Crippen LogP contribution < -0.4 is 10.5 Å². The third-order valence-corrected chi connectivity index (χ3v) is 2.32. The molecule has 1 heterocycles. The summed E-state index contributed by atoms with van der Waals surface area (Å²) in [5.74, 6) is 1.19. The molecular formula is C10H12NO. The van der Waals surface area contributed by atoms with Crippen molar-refractivity contribution in [2.75, 3.05) is 6.61 Å². The topological polar surface area (TPSA) is 33.0 Å². The molecule has 0 saturated carbocycles. The molecule has 1 aliphatic heterocycles. The van der Waals surface area contributed by atoms with E-state index in [1.54, 1.807) is 0 Å². The normalized spacial score (nSPS) is 27.5. The molecule has 0 fully saturated rings. The summed E-state index contributed by atoms with van der Waals surface area (Å²) in [7, 11) is 0. The molecule has 2 atom stereocenters. The van der Waals surface area contributed by atoms with Crippen molar-refractivity contribution in [1.82, 2.24) is 5.73 Å². The van der Waals surface area contributed by atoms with E-state index in [4.69, 9.17) is 10.5 Å². The van der Waals surface area contributed by atoms with Crippen LogP contribution in [-0.2, 0) is 0 Å². The van der Waals surface area contributed by atoms with Crippen molar-refractivity contribution in [3.63, 3.8) is 0 Å². The van der Waals surface area contributed by atoms with Crippen molar-refractivity contribution in [2.24, 2.45) is 5.92 Å². The summed E-state index contributed by atoms with van der Waals surface area (Å²) in [5, 5.41) is 0. The molecule has 2 nitrogen and oxygen atoms in total. The maximum Gasteiger partial charge on any atom is 0.124 e. The third kappa shape index (κ3) is 1.08. The van der Waals surface area contributed by atoms with E-state index in [0.29, 0.717) is 12.5 Å². The minimum Gasteiger partial charge on any atom is -0.493 e. The van der Waals surface area contributed by atoms with Gasteiger partial charge in [-0.3, -0.25) is 0 Å². The lowest BCUT2D eigenvalue weighted by molar-refractivity contribution is 0.204. The van der Waals surface area contributed by atoms with E-state index >= 15 is 0 Å². The van der Waals surface area contributed by atoms with Gasteiger partial charge in [-0.25, -0.2) is 5.73 Å². The predicted molar refractivity (Wildman–Crippen MR) is 46.9 cm³/mol. The Hall–Kier alpha value is -1.02. The molecule has 0 spiro atoms. The first-order valence-electron chi connectivity index (χ1n) is 4.22. The van der Waals surface area contributed by atoms with Gasteiger partial charge in [0.1, 0.15) is 5.75 Å². The monoisotopic (exact) mass is 162 g/mol. The number of hydrogen-bond donors (Lipinski definition) is 0. The van der Waals surface area contributed by atoms with E-state index in [1.165, 1.54) is 0 Å². The van der Waals surface area contributed by atoms with Gasteiger partial charge in [0.05, 0.1) is 12.6 Å². The van der Waals surface area contributed by atoms with Gasteiger partial charge in [0.2, 0.25) is 0 Å². The molecule has 1 aromatic carbocycles. The van der Waals surface area contributed by atoms with Gasteiger partial charge < -0.3 is 4.74 Å². The number of benzene rings is 1. The van der Waals surface area contributed by atoms with Crippen LogP contribution in [0.2, 0.25) is 0 Å². The van der Waals surface area contributed by atoms with E-state index in [9.17, 15) is 0 Å². The summed E-state index contributed by atoms with van der Waals surface area (Å²) in [6.45, 7) is 2.72. The molecule has 1 N–H and O–H groups in total. The molecule has 63 valence electrons. The fraction of sp³-hybridized carbons (Fsp3) is 0.400. The van der Waals surface area contributed by atoms with Crippen molar-refractivity contribution < 1.29 is 4.74 Å². The number of ether oxygens (including phenoxy) is 1. The van der Waals surface area contributed by atoms with Crippen LogP contribution in [0.25, 0.3) is 0 Å². The van der Waals surface area contributed by atoms with Gasteiger partial charge >= 0.3 is 0 Å². The van der Waals surface area contributed by atoms with Gasteiger partial charge in [0.15, 0.2) is 0 Å². The van der Waals surface area contributed by atoms with Crippen LogP contribution in [0.15, 0.2) is 24.3 Å². The zero-order valence-electron chi connectivity index (χ0n) is 7.08. The zero-order valence-corrected chi connectivity index (χ0v) is 7.08. The molecule has 1 aromatic rings. The van der Waals surface area contributed by atoms with Gasteiger partial charge in [-0.15, -0.1) is 0 Å². The van der Waals surface area contributed by atoms with Crippen molar-refractivity contribution in [3.05, 3.63) is 29.8 Å². The van der Waals surface area contributed by atoms with Gasteiger partial charge in [-0.2, -0.15) is 0 Å². The highest BCUT2D eigenvalue weighted by Gasteiger charge is 2.24. The quantitative estimate of drug-likeness (QED) is 0.574. The van der Waals surface area contributed by atoms with Crippen molar-refractivity contribution in [2.45, 2.75) is 13.0 Å². The molecule has 0 saturated heterocycles. The lowest BCUT2D eigenvalue weighted by Crippen LogP contribution is -2.24. The molecule has 2 rings (SSSR count). The Morgan fingerprint density at radius 3 is 3.00 bits per heavy atom. The van der Waals surface area contributed by atoms with E-state index in [0.717, 1.165) is 11.3 Å². The van der Waals surface area contributed by atoms with E-state index in [2.05, 4.69) is 0 Å². The summed E-state index contributed by atoms with van der Waals surface area (Å²) >= 11 is 0. The smallest absolute Gasteiger partial charge is 0.124 e. The number of fused-ring (bicyclic) bond motifs is 1. The summed E-state index contributed by atoms with van der Waals surface area (Å²) in [6, 6.07) is 7.70. The Kier molecular flexibility index (Phi) is 1.77. The fourth-order valence-corrected chi connectivity index (χ4v) is 1.49. The molecule has 2 heteroatoms. The molecule has 0 aliphatic carbocycles.